The maximum atomic E-state index is 14.1. The highest BCUT2D eigenvalue weighted by Gasteiger charge is 2.34. The lowest BCUT2D eigenvalue weighted by Crippen LogP contribution is -2.56. The van der Waals surface area contributed by atoms with Gasteiger partial charge in [0.2, 0.25) is 5.95 Å². The fraction of sp³-hybridized carbons (Fsp3) is 0.524. The fourth-order valence-corrected chi connectivity index (χ4v) is 5.57. The number of halogens is 3. The van der Waals surface area contributed by atoms with Gasteiger partial charge in [0.1, 0.15) is 5.82 Å². The first-order chi connectivity index (χ1) is 14.3. The summed E-state index contributed by atoms with van der Waals surface area (Å²) in [6, 6.07) is 3.16. The normalized spacial score (nSPS) is 20.7. The summed E-state index contributed by atoms with van der Waals surface area (Å²) in [5.41, 5.74) is 1.66. The maximum absolute atomic E-state index is 14.1. The molecule has 0 radical (unpaired) electrons. The molecule has 1 aromatic carbocycles. The summed E-state index contributed by atoms with van der Waals surface area (Å²) in [6.45, 7) is 6.39. The van der Waals surface area contributed by atoms with Gasteiger partial charge in [-0.3, -0.25) is 4.21 Å². The molecule has 2 fully saturated rings. The van der Waals surface area contributed by atoms with Crippen LogP contribution in [0.1, 0.15) is 38.3 Å². The molecule has 0 bridgehead atoms. The van der Waals surface area contributed by atoms with Crippen molar-refractivity contribution >= 4 is 45.6 Å². The van der Waals surface area contributed by atoms with E-state index in [9.17, 15) is 8.60 Å². The molecule has 2 atom stereocenters. The van der Waals surface area contributed by atoms with Gasteiger partial charge >= 0.3 is 0 Å². The lowest BCUT2D eigenvalue weighted by molar-refractivity contribution is 0.413. The molecule has 0 N–H and O–H groups in total. The van der Waals surface area contributed by atoms with E-state index in [0.29, 0.717) is 48.1 Å². The predicted octanol–water partition coefficient (Wildman–Crippen LogP) is 4.89. The summed E-state index contributed by atoms with van der Waals surface area (Å²) >= 11 is 12.8. The van der Waals surface area contributed by atoms with Gasteiger partial charge in [-0.2, -0.15) is 0 Å². The van der Waals surface area contributed by atoms with Crippen molar-refractivity contribution in [1.29, 1.82) is 0 Å². The zero-order valence-corrected chi connectivity index (χ0v) is 19.6. The molecular formula is C21H25Cl2FN4OS. The van der Waals surface area contributed by atoms with Crippen molar-refractivity contribution in [3.05, 3.63) is 39.9 Å². The largest absolute Gasteiger partial charge is 0.366 e. The highest BCUT2D eigenvalue weighted by atomic mass is 35.5. The number of rotatable bonds is 5. The van der Waals surface area contributed by atoms with Crippen molar-refractivity contribution in [1.82, 2.24) is 9.97 Å². The van der Waals surface area contributed by atoms with Crippen molar-refractivity contribution in [3.8, 4) is 0 Å². The molecule has 9 heteroatoms. The van der Waals surface area contributed by atoms with Gasteiger partial charge in [0.25, 0.3) is 0 Å². The highest BCUT2D eigenvalue weighted by molar-refractivity contribution is 7.84. The molecule has 162 valence electrons. The van der Waals surface area contributed by atoms with Crippen LogP contribution in [0.4, 0.5) is 16.0 Å². The Morgan fingerprint density at radius 3 is 2.60 bits per heavy atom. The first-order valence-electron chi connectivity index (χ1n) is 10.1. The van der Waals surface area contributed by atoms with E-state index in [2.05, 4.69) is 28.6 Å². The lowest BCUT2D eigenvalue weighted by Gasteiger charge is -2.44. The monoisotopic (exact) mass is 470 g/mol. The van der Waals surface area contributed by atoms with E-state index in [1.807, 2.05) is 0 Å². The second kappa shape index (κ2) is 8.60. The van der Waals surface area contributed by atoms with E-state index in [0.717, 1.165) is 18.5 Å². The second-order valence-electron chi connectivity index (χ2n) is 8.29. The van der Waals surface area contributed by atoms with Crippen LogP contribution in [0.3, 0.4) is 0 Å². The van der Waals surface area contributed by atoms with Gasteiger partial charge in [-0.1, -0.05) is 37.0 Å². The summed E-state index contributed by atoms with van der Waals surface area (Å²) < 4.78 is 26.1. The smallest absolute Gasteiger partial charge is 0.226 e. The maximum Gasteiger partial charge on any atom is 0.226 e. The Hall–Kier alpha value is -1.44. The van der Waals surface area contributed by atoms with E-state index in [1.165, 1.54) is 12.3 Å². The van der Waals surface area contributed by atoms with Crippen LogP contribution >= 0.6 is 23.2 Å². The highest BCUT2D eigenvalue weighted by Crippen LogP contribution is 2.42. The van der Waals surface area contributed by atoms with Crippen LogP contribution in [0, 0.1) is 11.7 Å². The SMILES string of the molecule is CC(C)C1CN(c2ccc(F)c(S(C)=O)c2Cl)CCN1c1ncc(Cl)c(C2CC2)n1. The Morgan fingerprint density at radius 2 is 1.97 bits per heavy atom. The summed E-state index contributed by atoms with van der Waals surface area (Å²) in [6.07, 6.45) is 5.41. The zero-order valence-electron chi connectivity index (χ0n) is 17.2. The van der Waals surface area contributed by atoms with E-state index >= 15 is 0 Å². The number of hydrogen-bond acceptors (Lipinski definition) is 5. The van der Waals surface area contributed by atoms with E-state index in [1.54, 1.807) is 12.3 Å². The zero-order chi connectivity index (χ0) is 21.6. The number of piperazine rings is 1. The Bertz CT molecular complexity index is 986. The van der Waals surface area contributed by atoms with Crippen LogP contribution in [0.5, 0.6) is 0 Å². The van der Waals surface area contributed by atoms with Gasteiger partial charge in [-0.15, -0.1) is 0 Å². The molecule has 2 aliphatic rings. The topological polar surface area (TPSA) is 49.3 Å². The van der Waals surface area contributed by atoms with Crippen LogP contribution in [-0.4, -0.2) is 46.1 Å². The Balaban J connectivity index is 1.63. The Kier molecular flexibility index (Phi) is 6.24. The summed E-state index contributed by atoms with van der Waals surface area (Å²) in [5.74, 6) is 0.950. The lowest BCUT2D eigenvalue weighted by atomic mass is 9.99. The molecule has 4 rings (SSSR count). The molecule has 1 aliphatic carbocycles. The number of benzene rings is 1. The van der Waals surface area contributed by atoms with E-state index in [-0.39, 0.29) is 16.0 Å². The third-order valence-electron chi connectivity index (χ3n) is 5.82. The van der Waals surface area contributed by atoms with Gasteiger partial charge in [0, 0.05) is 31.8 Å². The number of anilines is 2. The summed E-state index contributed by atoms with van der Waals surface area (Å²) in [7, 11) is -1.50. The van der Waals surface area contributed by atoms with E-state index in [4.69, 9.17) is 28.2 Å². The molecule has 2 unspecified atom stereocenters. The van der Waals surface area contributed by atoms with Gasteiger partial charge in [-0.05, 0) is 30.9 Å². The third kappa shape index (κ3) is 4.16. The average molecular weight is 471 g/mol. The van der Waals surface area contributed by atoms with Crippen molar-refractivity contribution in [2.45, 2.75) is 43.5 Å². The van der Waals surface area contributed by atoms with Crippen LogP contribution in [0.2, 0.25) is 10.0 Å². The first kappa shape index (κ1) is 21.8. The predicted molar refractivity (Wildman–Crippen MR) is 121 cm³/mol. The molecule has 30 heavy (non-hydrogen) atoms. The van der Waals surface area contributed by atoms with Crippen molar-refractivity contribution in [2.75, 3.05) is 35.7 Å². The van der Waals surface area contributed by atoms with Crippen LogP contribution < -0.4 is 9.80 Å². The molecule has 2 aromatic rings. The van der Waals surface area contributed by atoms with Gasteiger partial charge in [0.15, 0.2) is 0 Å². The minimum atomic E-state index is -1.50. The van der Waals surface area contributed by atoms with Gasteiger partial charge < -0.3 is 9.80 Å². The first-order valence-corrected chi connectivity index (χ1v) is 12.4. The standard InChI is InChI=1S/C21H25Cl2FN4OS/c1-12(2)17-11-27(16-7-6-15(24)20(18(16)23)30(3)29)8-9-28(17)21-25-10-14(22)19(26-21)13-4-5-13/h6-7,10,12-13,17H,4-5,8-9,11H2,1-3H3. The molecule has 1 aliphatic heterocycles. The fourth-order valence-electron chi connectivity index (χ4n) is 4.03. The molecule has 1 saturated heterocycles. The van der Waals surface area contributed by atoms with Gasteiger partial charge in [0.05, 0.1) is 49.4 Å². The van der Waals surface area contributed by atoms with Gasteiger partial charge in [-0.25, -0.2) is 14.4 Å². The third-order valence-corrected chi connectivity index (χ3v) is 7.58. The van der Waals surface area contributed by atoms with Crippen LogP contribution in [-0.2, 0) is 10.8 Å². The molecule has 2 heterocycles. The number of hydrogen-bond donors (Lipinski definition) is 0. The number of nitrogens with zero attached hydrogens (tertiary/aromatic N) is 4. The Labute approximate surface area is 189 Å². The summed E-state index contributed by atoms with van der Waals surface area (Å²) in [5, 5.41) is 0.865. The molecule has 5 nitrogen and oxygen atoms in total. The van der Waals surface area contributed by atoms with Crippen molar-refractivity contribution < 1.29 is 8.60 Å². The average Bonchev–Trinajstić information content (AvgIpc) is 3.53. The molecule has 0 amide bonds. The van der Waals surface area contributed by atoms with Crippen molar-refractivity contribution in [3.63, 3.8) is 0 Å². The van der Waals surface area contributed by atoms with Crippen LogP contribution in [0.15, 0.2) is 23.2 Å². The molecule has 1 saturated carbocycles. The second-order valence-corrected chi connectivity index (χ2v) is 10.4. The minimum absolute atomic E-state index is 0.0628. The van der Waals surface area contributed by atoms with Crippen molar-refractivity contribution in [2.24, 2.45) is 5.92 Å². The Morgan fingerprint density at radius 1 is 1.23 bits per heavy atom. The quantitative estimate of drug-likeness (QED) is 0.622. The molecular weight excluding hydrogens is 446 g/mol. The number of aromatic nitrogens is 2. The van der Waals surface area contributed by atoms with E-state index < -0.39 is 16.6 Å². The minimum Gasteiger partial charge on any atom is -0.366 e. The summed E-state index contributed by atoms with van der Waals surface area (Å²) in [4.78, 5) is 13.8. The van der Waals surface area contributed by atoms with Crippen LogP contribution in [0.25, 0.3) is 0 Å². The molecule has 0 spiro atoms. The molecule has 1 aromatic heterocycles.